The summed E-state index contributed by atoms with van der Waals surface area (Å²) >= 11 is 4.23. The quantitative estimate of drug-likeness (QED) is 0.154. The molecule has 0 aliphatic rings. The molecule has 0 unspecified atom stereocenters. The van der Waals surface area contributed by atoms with Crippen LogP contribution in [0.25, 0.3) is 0 Å². The fraction of sp³-hybridized carbons (Fsp3) is 0.389. The van der Waals surface area contributed by atoms with Crippen LogP contribution in [0.15, 0.2) is 33.8 Å². The second-order valence-corrected chi connectivity index (χ2v) is 9.52. The minimum atomic E-state index is -0.202. The van der Waals surface area contributed by atoms with E-state index in [1.54, 1.807) is 18.9 Å². The lowest BCUT2D eigenvalue weighted by atomic mass is 10.3. The van der Waals surface area contributed by atoms with Gasteiger partial charge in [-0.1, -0.05) is 48.2 Å². The van der Waals surface area contributed by atoms with Crippen LogP contribution >= 0.6 is 34.9 Å². The number of benzene rings is 1. The summed E-state index contributed by atoms with van der Waals surface area (Å²) in [6.07, 6.45) is 2.26. The summed E-state index contributed by atoms with van der Waals surface area (Å²) in [5, 5.41) is 23.2. The van der Waals surface area contributed by atoms with Crippen LogP contribution in [0.1, 0.15) is 25.6 Å². The Morgan fingerprint density at radius 1 is 1.19 bits per heavy atom. The highest BCUT2D eigenvalue weighted by Crippen LogP contribution is 2.26. The second kappa shape index (κ2) is 11.8. The number of anilines is 2. The number of amides is 1. The summed E-state index contributed by atoms with van der Waals surface area (Å²) in [7, 11) is 1.62. The second-order valence-electron chi connectivity index (χ2n) is 6.26. The molecule has 2 heterocycles. The van der Waals surface area contributed by atoms with Crippen LogP contribution in [0, 0.1) is 0 Å². The van der Waals surface area contributed by atoms with Gasteiger partial charge in [-0.3, -0.25) is 10.1 Å². The van der Waals surface area contributed by atoms with Crippen LogP contribution in [0.2, 0.25) is 0 Å². The zero-order valence-corrected chi connectivity index (χ0v) is 19.6. The molecule has 0 aliphatic carbocycles. The lowest BCUT2D eigenvalue weighted by Crippen LogP contribution is -2.18. The van der Waals surface area contributed by atoms with Crippen LogP contribution in [-0.2, 0) is 11.3 Å². The summed E-state index contributed by atoms with van der Waals surface area (Å²) < 4.78 is 7.37. The zero-order chi connectivity index (χ0) is 22.1. The number of ether oxygens (including phenoxy) is 1. The van der Waals surface area contributed by atoms with Crippen molar-refractivity contribution in [2.24, 2.45) is 0 Å². The number of hydrogen-bond acceptors (Lipinski definition) is 11. The van der Waals surface area contributed by atoms with Crippen molar-refractivity contribution in [2.45, 2.75) is 35.8 Å². The molecule has 3 rings (SSSR count). The smallest absolute Gasteiger partial charge is 0.236 e. The first-order chi connectivity index (χ1) is 15.1. The third-order valence-corrected chi connectivity index (χ3v) is 6.99. The Balaban J connectivity index is 1.45. The van der Waals surface area contributed by atoms with Crippen molar-refractivity contribution < 1.29 is 9.53 Å². The van der Waals surface area contributed by atoms with E-state index in [9.17, 15) is 4.79 Å². The maximum Gasteiger partial charge on any atom is 0.236 e. The number of carbonyl (C=O) groups is 1. The van der Waals surface area contributed by atoms with Gasteiger partial charge >= 0.3 is 0 Å². The Morgan fingerprint density at radius 3 is 2.74 bits per heavy atom. The van der Waals surface area contributed by atoms with Crippen molar-refractivity contribution in [3.63, 3.8) is 0 Å². The number of unbranched alkanes of at least 4 members (excludes halogenated alkanes) is 1. The molecule has 0 saturated heterocycles. The number of nitrogens with two attached hydrogens (primary N) is 1. The highest BCUT2D eigenvalue weighted by Gasteiger charge is 2.14. The first-order valence-electron chi connectivity index (χ1n) is 9.55. The van der Waals surface area contributed by atoms with Crippen LogP contribution in [0.3, 0.4) is 0 Å². The summed E-state index contributed by atoms with van der Waals surface area (Å²) in [5.74, 6) is 8.34. The van der Waals surface area contributed by atoms with Gasteiger partial charge in [0.2, 0.25) is 16.2 Å². The van der Waals surface area contributed by atoms with Crippen molar-refractivity contribution in [1.29, 1.82) is 0 Å². The molecule has 2 aromatic heterocycles. The standard InChI is InChI=1S/C18H24N8O2S3/c1-3-4-9-29-18-25-23-16(31-18)21-15(27)11-30-17-24-22-14(26(17)19)10-20-12-5-7-13(28-2)8-6-12/h5-8,20H,3-4,9-11,19H2,1-2H3,(H,21,23,27). The predicted molar refractivity (Wildman–Crippen MR) is 125 cm³/mol. The van der Waals surface area contributed by atoms with Crippen LogP contribution in [0.5, 0.6) is 5.75 Å². The molecule has 166 valence electrons. The first kappa shape index (κ1) is 23.2. The average Bonchev–Trinajstić information content (AvgIpc) is 3.37. The summed E-state index contributed by atoms with van der Waals surface area (Å²) in [5.41, 5.74) is 0.904. The van der Waals surface area contributed by atoms with E-state index in [1.807, 2.05) is 24.3 Å². The van der Waals surface area contributed by atoms with Crippen LogP contribution in [-0.4, -0.2) is 49.6 Å². The number of nitrogens with one attached hydrogen (secondary N) is 2. The molecule has 0 fully saturated rings. The van der Waals surface area contributed by atoms with Gasteiger partial charge in [0.05, 0.1) is 19.4 Å². The van der Waals surface area contributed by atoms with Crippen LogP contribution < -0.4 is 21.2 Å². The molecular weight excluding hydrogens is 456 g/mol. The maximum absolute atomic E-state index is 12.2. The zero-order valence-electron chi connectivity index (χ0n) is 17.2. The summed E-state index contributed by atoms with van der Waals surface area (Å²) in [4.78, 5) is 12.2. The van der Waals surface area contributed by atoms with Crippen molar-refractivity contribution in [2.75, 3.05) is 35.1 Å². The highest BCUT2D eigenvalue weighted by molar-refractivity contribution is 8.01. The number of hydrogen-bond donors (Lipinski definition) is 3. The summed E-state index contributed by atoms with van der Waals surface area (Å²) in [6, 6.07) is 7.52. The topological polar surface area (TPSA) is 133 Å². The van der Waals surface area contributed by atoms with E-state index < -0.39 is 0 Å². The van der Waals surface area contributed by atoms with Gasteiger partial charge in [-0.15, -0.1) is 20.4 Å². The van der Waals surface area contributed by atoms with Crippen molar-refractivity contribution >= 4 is 51.6 Å². The van der Waals surface area contributed by atoms with Gasteiger partial charge in [0.25, 0.3) is 0 Å². The molecule has 0 saturated carbocycles. The summed E-state index contributed by atoms with van der Waals surface area (Å²) in [6.45, 7) is 2.54. The number of nitrogen functional groups attached to an aromatic ring is 1. The first-order valence-corrected chi connectivity index (χ1v) is 12.3. The van der Waals surface area contributed by atoms with E-state index in [4.69, 9.17) is 10.6 Å². The monoisotopic (exact) mass is 480 g/mol. The van der Waals surface area contributed by atoms with E-state index in [1.165, 1.54) is 27.8 Å². The Hall–Kier alpha value is -2.51. The highest BCUT2D eigenvalue weighted by atomic mass is 32.2. The molecule has 4 N–H and O–H groups in total. The average molecular weight is 481 g/mol. The van der Waals surface area contributed by atoms with Gasteiger partial charge in [-0.05, 0) is 30.7 Å². The van der Waals surface area contributed by atoms with E-state index >= 15 is 0 Å². The molecule has 1 amide bonds. The van der Waals surface area contributed by atoms with Gasteiger partial charge in [-0.25, -0.2) is 4.68 Å². The largest absolute Gasteiger partial charge is 0.497 e. The SMILES string of the molecule is CCCCSc1nnc(NC(=O)CSc2nnc(CNc3ccc(OC)cc3)n2N)s1. The molecule has 1 aromatic carbocycles. The Morgan fingerprint density at radius 2 is 2.00 bits per heavy atom. The van der Waals surface area contributed by atoms with E-state index in [0.717, 1.165) is 34.4 Å². The van der Waals surface area contributed by atoms with Crippen molar-refractivity contribution in [3.05, 3.63) is 30.1 Å². The van der Waals surface area contributed by atoms with Gasteiger partial charge < -0.3 is 15.9 Å². The Bertz CT molecular complexity index is 977. The van der Waals surface area contributed by atoms with Crippen molar-refractivity contribution in [3.8, 4) is 5.75 Å². The van der Waals surface area contributed by atoms with Crippen molar-refractivity contribution in [1.82, 2.24) is 25.1 Å². The molecule has 13 heteroatoms. The van der Waals surface area contributed by atoms with E-state index in [0.29, 0.717) is 22.7 Å². The predicted octanol–water partition coefficient (Wildman–Crippen LogP) is 3.09. The molecule has 0 bridgehead atoms. The fourth-order valence-electron chi connectivity index (χ4n) is 2.32. The maximum atomic E-state index is 12.2. The number of thioether (sulfide) groups is 2. The third kappa shape index (κ3) is 7.01. The van der Waals surface area contributed by atoms with Gasteiger partial charge in [-0.2, -0.15) is 0 Å². The number of rotatable bonds is 12. The Kier molecular flexibility index (Phi) is 8.79. The van der Waals surface area contributed by atoms with Gasteiger partial charge in [0.15, 0.2) is 10.2 Å². The number of nitrogens with zero attached hydrogens (tertiary/aromatic N) is 5. The molecule has 0 radical (unpaired) electrons. The van der Waals surface area contributed by atoms with Crippen LogP contribution in [0.4, 0.5) is 10.8 Å². The number of carbonyl (C=O) groups excluding carboxylic acids is 1. The minimum absolute atomic E-state index is 0.138. The minimum Gasteiger partial charge on any atom is -0.497 e. The number of methoxy groups -OCH3 is 1. The van der Waals surface area contributed by atoms with Gasteiger partial charge in [0.1, 0.15) is 5.75 Å². The fourth-order valence-corrected chi connectivity index (χ4v) is 4.92. The molecule has 3 aromatic rings. The molecule has 31 heavy (non-hydrogen) atoms. The molecule has 10 nitrogen and oxygen atoms in total. The Labute approximate surface area is 192 Å². The lowest BCUT2D eigenvalue weighted by molar-refractivity contribution is -0.113. The molecule has 0 aliphatic heterocycles. The number of aromatic nitrogens is 5. The lowest BCUT2D eigenvalue weighted by Gasteiger charge is -2.07. The van der Waals surface area contributed by atoms with E-state index in [2.05, 4.69) is 38.0 Å². The normalized spacial score (nSPS) is 10.8. The molecule has 0 atom stereocenters. The molecule has 0 spiro atoms. The van der Waals surface area contributed by atoms with E-state index in [-0.39, 0.29) is 11.7 Å². The molecular formula is C18H24N8O2S3. The van der Waals surface area contributed by atoms with Gasteiger partial charge in [0, 0.05) is 11.4 Å². The third-order valence-electron chi connectivity index (χ3n) is 3.98.